The minimum atomic E-state index is -3.79. The molecule has 1 aliphatic heterocycles. The van der Waals surface area contributed by atoms with Crippen LogP contribution in [-0.2, 0) is 16.6 Å². The van der Waals surface area contributed by atoms with Gasteiger partial charge in [0.25, 0.3) is 5.56 Å². The van der Waals surface area contributed by atoms with Crippen LogP contribution in [0, 0.1) is 13.8 Å². The Hall–Kier alpha value is -4.50. The highest BCUT2D eigenvalue weighted by molar-refractivity contribution is 7.89. The van der Waals surface area contributed by atoms with Crippen molar-refractivity contribution in [2.24, 2.45) is 0 Å². The highest BCUT2D eigenvalue weighted by Gasteiger charge is 2.32. The quantitative estimate of drug-likeness (QED) is 0.301. The van der Waals surface area contributed by atoms with Crippen LogP contribution in [-0.4, -0.2) is 78.1 Å². The molecule has 1 N–H and O–H groups in total. The van der Waals surface area contributed by atoms with E-state index in [-0.39, 0.29) is 35.0 Å². The van der Waals surface area contributed by atoms with Gasteiger partial charge in [-0.1, -0.05) is 29.0 Å². The summed E-state index contributed by atoms with van der Waals surface area (Å²) >= 11 is 0. The molecule has 0 spiro atoms. The number of H-pyrrole nitrogens is 1. The van der Waals surface area contributed by atoms with E-state index in [0.717, 1.165) is 16.7 Å². The zero-order valence-electron chi connectivity index (χ0n) is 22.7. The minimum absolute atomic E-state index is 0.110. The third kappa shape index (κ3) is 4.97. The van der Waals surface area contributed by atoms with Gasteiger partial charge in [0.15, 0.2) is 11.2 Å². The second-order valence-electron chi connectivity index (χ2n) is 10.1. The average Bonchev–Trinajstić information content (AvgIpc) is 3.66. The Kier molecular flexibility index (Phi) is 6.83. The van der Waals surface area contributed by atoms with Crippen molar-refractivity contribution in [1.82, 2.24) is 49.5 Å². The van der Waals surface area contributed by atoms with E-state index in [9.17, 15) is 13.2 Å². The molecular formula is C26H28N10O4S. The maximum atomic E-state index is 13.5. The summed E-state index contributed by atoms with van der Waals surface area (Å²) in [4.78, 5) is 20.6. The molecule has 2 aromatic carbocycles. The van der Waals surface area contributed by atoms with Gasteiger partial charge in [0, 0.05) is 25.1 Å². The summed E-state index contributed by atoms with van der Waals surface area (Å²) in [5, 5.41) is 19.3. The Morgan fingerprint density at radius 3 is 2.61 bits per heavy atom. The first kappa shape index (κ1) is 26.7. The van der Waals surface area contributed by atoms with E-state index in [1.54, 1.807) is 10.7 Å². The highest BCUT2D eigenvalue weighted by atomic mass is 32.2. The number of tetrazole rings is 1. The fourth-order valence-electron chi connectivity index (χ4n) is 5.11. The van der Waals surface area contributed by atoms with Gasteiger partial charge in [0.2, 0.25) is 10.0 Å². The summed E-state index contributed by atoms with van der Waals surface area (Å²) in [6.45, 7) is 5.03. The Labute approximate surface area is 235 Å². The smallest absolute Gasteiger partial charge is 0.281 e. The molecule has 1 aliphatic rings. The monoisotopic (exact) mass is 576 g/mol. The summed E-state index contributed by atoms with van der Waals surface area (Å²) in [7, 11) is -2.34. The van der Waals surface area contributed by atoms with E-state index in [1.807, 2.05) is 19.9 Å². The number of aromatic nitrogens is 9. The molecule has 0 atom stereocenters. The summed E-state index contributed by atoms with van der Waals surface area (Å²) in [5.41, 5.74) is 4.06. The van der Waals surface area contributed by atoms with Gasteiger partial charge in [-0.05, 0) is 60.4 Å². The second kappa shape index (κ2) is 10.5. The Morgan fingerprint density at radius 2 is 1.88 bits per heavy atom. The molecule has 0 bridgehead atoms. The lowest BCUT2D eigenvalue weighted by molar-refractivity contribution is 0.313. The van der Waals surface area contributed by atoms with Crippen LogP contribution < -0.4 is 10.3 Å². The average molecular weight is 577 g/mol. The van der Waals surface area contributed by atoms with Crippen LogP contribution >= 0.6 is 0 Å². The molecule has 41 heavy (non-hydrogen) atoms. The van der Waals surface area contributed by atoms with Crippen LogP contribution in [0.5, 0.6) is 5.75 Å². The molecule has 0 saturated carbocycles. The molecule has 0 radical (unpaired) electrons. The number of piperidine rings is 1. The number of ether oxygens (including phenoxy) is 1. The van der Waals surface area contributed by atoms with Gasteiger partial charge in [-0.15, -0.1) is 10.2 Å². The number of rotatable bonds is 7. The summed E-state index contributed by atoms with van der Waals surface area (Å²) in [6, 6.07) is 10.8. The van der Waals surface area contributed by atoms with Crippen molar-refractivity contribution in [3.63, 3.8) is 0 Å². The van der Waals surface area contributed by atoms with Gasteiger partial charge >= 0.3 is 0 Å². The number of benzene rings is 2. The van der Waals surface area contributed by atoms with Gasteiger partial charge in [-0.25, -0.2) is 18.1 Å². The minimum Gasteiger partial charge on any atom is -0.494 e. The van der Waals surface area contributed by atoms with Crippen molar-refractivity contribution < 1.29 is 13.2 Å². The van der Waals surface area contributed by atoms with Gasteiger partial charge < -0.3 is 9.72 Å². The largest absolute Gasteiger partial charge is 0.494 e. The van der Waals surface area contributed by atoms with Crippen LogP contribution in [0.4, 0.5) is 0 Å². The highest BCUT2D eigenvalue weighted by Crippen LogP contribution is 2.32. The first-order valence-electron chi connectivity index (χ1n) is 13.1. The zero-order valence-corrected chi connectivity index (χ0v) is 23.5. The lowest BCUT2D eigenvalue weighted by Crippen LogP contribution is -2.38. The molecule has 0 unspecified atom stereocenters. The van der Waals surface area contributed by atoms with Gasteiger partial charge in [-0.2, -0.15) is 8.99 Å². The predicted octanol–water partition coefficient (Wildman–Crippen LogP) is 1.73. The van der Waals surface area contributed by atoms with Crippen molar-refractivity contribution in [3.05, 3.63) is 75.6 Å². The number of nitrogens with zero attached hydrogens (tertiary/aromatic N) is 9. The molecule has 0 amide bonds. The number of sulfonamides is 1. The van der Waals surface area contributed by atoms with E-state index in [1.165, 1.54) is 34.6 Å². The molecule has 6 rings (SSSR count). The van der Waals surface area contributed by atoms with Gasteiger partial charge in [0.1, 0.15) is 23.6 Å². The fourth-order valence-corrected chi connectivity index (χ4v) is 6.60. The maximum Gasteiger partial charge on any atom is 0.281 e. The van der Waals surface area contributed by atoms with E-state index in [0.29, 0.717) is 42.3 Å². The zero-order chi connectivity index (χ0) is 28.7. The van der Waals surface area contributed by atoms with E-state index in [2.05, 4.69) is 43.0 Å². The van der Waals surface area contributed by atoms with Crippen LogP contribution in [0.2, 0.25) is 0 Å². The lowest BCUT2D eigenvalue weighted by atomic mass is 9.97. The molecule has 14 nitrogen and oxygen atoms in total. The molecule has 5 aromatic rings. The first-order valence-corrected chi connectivity index (χ1v) is 14.5. The standard InChI is InChI=1S/C26H28N10O4S/c1-16-4-5-17(2)19(12-16)14-35-25-23(30-32-35)26(37)29-24(28-25)18-8-10-34(11-9-18)41(38,39)20-6-7-21(22(13-20)40-3)36-15-27-31-33-36/h4-7,12-13,15,18H,8-11,14H2,1-3H3,(H,28,29,37). The number of aryl methyl sites for hydroxylation is 2. The number of nitrogens with one attached hydrogen (secondary N) is 1. The summed E-state index contributed by atoms with van der Waals surface area (Å²) < 4.78 is 36.9. The van der Waals surface area contributed by atoms with Gasteiger partial charge in [0.05, 0.1) is 18.6 Å². The molecule has 1 saturated heterocycles. The lowest BCUT2D eigenvalue weighted by Gasteiger charge is -2.30. The van der Waals surface area contributed by atoms with Crippen molar-refractivity contribution in [3.8, 4) is 11.4 Å². The topological polar surface area (TPSA) is 167 Å². The maximum absolute atomic E-state index is 13.5. The number of fused-ring (bicyclic) bond motifs is 1. The normalized spacial score (nSPS) is 15.0. The van der Waals surface area contributed by atoms with Crippen molar-refractivity contribution in [2.45, 2.75) is 44.0 Å². The SMILES string of the molecule is COc1cc(S(=O)(=O)N2CCC(c3nc4c(nnn4Cc4cc(C)ccc4C)c(=O)[nH]3)CC2)ccc1-n1cnnn1. The van der Waals surface area contributed by atoms with Crippen molar-refractivity contribution >= 4 is 21.2 Å². The molecular weight excluding hydrogens is 548 g/mol. The molecule has 212 valence electrons. The van der Waals surface area contributed by atoms with E-state index < -0.39 is 10.0 Å². The van der Waals surface area contributed by atoms with Crippen molar-refractivity contribution in [2.75, 3.05) is 20.2 Å². The van der Waals surface area contributed by atoms with Crippen LogP contribution in [0.3, 0.4) is 0 Å². The Bertz CT molecular complexity index is 1890. The number of hydrogen-bond donors (Lipinski definition) is 1. The van der Waals surface area contributed by atoms with Crippen LogP contribution in [0.25, 0.3) is 16.9 Å². The predicted molar refractivity (Wildman–Crippen MR) is 147 cm³/mol. The molecule has 0 aliphatic carbocycles. The summed E-state index contributed by atoms with van der Waals surface area (Å²) in [6.07, 6.45) is 2.39. The molecule has 1 fully saturated rings. The van der Waals surface area contributed by atoms with Gasteiger partial charge in [-0.3, -0.25) is 4.79 Å². The van der Waals surface area contributed by atoms with Crippen LogP contribution in [0.1, 0.15) is 41.3 Å². The Balaban J connectivity index is 1.22. The van der Waals surface area contributed by atoms with Crippen LogP contribution in [0.15, 0.2) is 52.4 Å². The first-order chi connectivity index (χ1) is 19.7. The van der Waals surface area contributed by atoms with E-state index in [4.69, 9.17) is 9.72 Å². The molecule has 4 heterocycles. The molecule has 15 heteroatoms. The number of hydrogen-bond acceptors (Lipinski definition) is 10. The number of aromatic amines is 1. The van der Waals surface area contributed by atoms with Crippen molar-refractivity contribution in [1.29, 1.82) is 0 Å². The third-order valence-corrected chi connectivity index (χ3v) is 9.34. The third-order valence-electron chi connectivity index (χ3n) is 7.44. The van der Waals surface area contributed by atoms with E-state index >= 15 is 0 Å². The number of methoxy groups -OCH3 is 1. The second-order valence-corrected chi connectivity index (χ2v) is 12.0. The summed E-state index contributed by atoms with van der Waals surface area (Å²) in [5.74, 6) is 0.713. The molecule has 3 aromatic heterocycles. The fraction of sp³-hybridized carbons (Fsp3) is 0.346. The Morgan fingerprint density at radius 1 is 1.07 bits per heavy atom.